The van der Waals surface area contributed by atoms with Crippen LogP contribution in [0, 0.1) is 18.8 Å². The summed E-state index contributed by atoms with van der Waals surface area (Å²) in [4.78, 5) is 12.1. The fraction of sp³-hybridized carbons (Fsp3) is 0.0455. The van der Waals surface area contributed by atoms with E-state index in [1.54, 1.807) is 72.8 Å². The van der Waals surface area contributed by atoms with Crippen LogP contribution in [0.1, 0.15) is 11.1 Å². The SMILES string of the molecule is Cc1ccc(S(=O)(=O)Nc2ccc(C#CC(=O)Nc3ccccc3N)cc2)cc1. The van der Waals surface area contributed by atoms with E-state index in [9.17, 15) is 13.2 Å². The Bertz CT molecular complexity index is 1190. The number of benzene rings is 3. The maximum absolute atomic E-state index is 12.4. The van der Waals surface area contributed by atoms with Gasteiger partial charge in [-0.25, -0.2) is 8.42 Å². The Morgan fingerprint density at radius 2 is 1.59 bits per heavy atom. The Labute approximate surface area is 169 Å². The highest BCUT2D eigenvalue weighted by Crippen LogP contribution is 2.18. The van der Waals surface area contributed by atoms with Gasteiger partial charge in [-0.1, -0.05) is 35.7 Å². The van der Waals surface area contributed by atoms with Crippen molar-refractivity contribution in [2.45, 2.75) is 11.8 Å². The third-order valence-electron chi connectivity index (χ3n) is 4.00. The van der Waals surface area contributed by atoms with Crippen LogP contribution >= 0.6 is 0 Å². The molecule has 3 aromatic rings. The molecule has 7 heteroatoms. The van der Waals surface area contributed by atoms with Crippen LogP contribution in [0.3, 0.4) is 0 Å². The summed E-state index contributed by atoms with van der Waals surface area (Å²) in [5, 5.41) is 2.62. The molecule has 6 nitrogen and oxygen atoms in total. The highest BCUT2D eigenvalue weighted by atomic mass is 32.2. The van der Waals surface area contributed by atoms with Crippen LogP contribution in [0.5, 0.6) is 0 Å². The first-order valence-electron chi connectivity index (χ1n) is 8.70. The van der Waals surface area contributed by atoms with Crippen LogP contribution < -0.4 is 15.8 Å². The zero-order valence-corrected chi connectivity index (χ0v) is 16.5. The molecule has 0 atom stereocenters. The third kappa shape index (κ3) is 5.37. The topological polar surface area (TPSA) is 101 Å². The molecule has 0 heterocycles. The van der Waals surface area contributed by atoms with Gasteiger partial charge in [0.1, 0.15) is 0 Å². The van der Waals surface area contributed by atoms with Gasteiger partial charge in [0.05, 0.1) is 16.3 Å². The lowest BCUT2D eigenvalue weighted by Crippen LogP contribution is -2.12. The van der Waals surface area contributed by atoms with E-state index < -0.39 is 15.9 Å². The first-order chi connectivity index (χ1) is 13.8. The Morgan fingerprint density at radius 1 is 0.931 bits per heavy atom. The molecule has 0 bridgehead atoms. The van der Waals surface area contributed by atoms with Gasteiger partial charge in [0.15, 0.2) is 0 Å². The summed E-state index contributed by atoms with van der Waals surface area (Å²) < 4.78 is 27.3. The average Bonchev–Trinajstić information content (AvgIpc) is 2.69. The molecule has 0 unspecified atom stereocenters. The van der Waals surface area contributed by atoms with Crippen LogP contribution in [-0.2, 0) is 14.8 Å². The minimum Gasteiger partial charge on any atom is -0.397 e. The summed E-state index contributed by atoms with van der Waals surface area (Å²) in [6, 6.07) is 19.9. The van der Waals surface area contributed by atoms with Crippen molar-refractivity contribution in [1.82, 2.24) is 0 Å². The largest absolute Gasteiger partial charge is 0.397 e. The minimum atomic E-state index is -3.67. The van der Waals surface area contributed by atoms with Crippen molar-refractivity contribution in [1.29, 1.82) is 0 Å². The Balaban J connectivity index is 1.66. The first-order valence-corrected chi connectivity index (χ1v) is 10.2. The Morgan fingerprint density at radius 3 is 2.24 bits per heavy atom. The molecule has 0 fully saturated rings. The predicted molar refractivity (Wildman–Crippen MR) is 115 cm³/mol. The third-order valence-corrected chi connectivity index (χ3v) is 5.39. The van der Waals surface area contributed by atoms with Crippen molar-refractivity contribution < 1.29 is 13.2 Å². The fourth-order valence-electron chi connectivity index (χ4n) is 2.45. The molecule has 0 aliphatic carbocycles. The molecule has 146 valence electrons. The maximum atomic E-state index is 12.4. The molecule has 0 aliphatic heterocycles. The number of nitrogen functional groups attached to an aromatic ring is 1. The molecular weight excluding hydrogens is 386 g/mol. The molecule has 0 saturated heterocycles. The number of carbonyl (C=O) groups is 1. The molecule has 3 rings (SSSR count). The van der Waals surface area contributed by atoms with Crippen LogP contribution in [0.4, 0.5) is 17.1 Å². The number of nitrogens with one attached hydrogen (secondary N) is 2. The molecule has 0 radical (unpaired) electrons. The van der Waals surface area contributed by atoms with Gasteiger partial charge in [0.2, 0.25) is 0 Å². The van der Waals surface area contributed by atoms with E-state index >= 15 is 0 Å². The molecule has 3 aromatic carbocycles. The van der Waals surface area contributed by atoms with Gasteiger partial charge in [-0.15, -0.1) is 0 Å². The number of nitrogens with two attached hydrogens (primary N) is 1. The van der Waals surface area contributed by atoms with Gasteiger partial charge in [-0.05, 0) is 55.5 Å². The number of aryl methyl sites for hydroxylation is 1. The number of hydrogen-bond donors (Lipinski definition) is 3. The van der Waals surface area contributed by atoms with E-state index in [0.29, 0.717) is 22.6 Å². The first kappa shape index (κ1) is 20.0. The summed E-state index contributed by atoms with van der Waals surface area (Å²) in [6.45, 7) is 1.89. The van der Waals surface area contributed by atoms with Crippen LogP contribution in [-0.4, -0.2) is 14.3 Å². The van der Waals surface area contributed by atoms with Crippen molar-refractivity contribution in [3.63, 3.8) is 0 Å². The van der Waals surface area contributed by atoms with Gasteiger partial charge < -0.3 is 11.1 Å². The monoisotopic (exact) mass is 405 g/mol. The van der Waals surface area contributed by atoms with Crippen LogP contribution in [0.25, 0.3) is 0 Å². The number of hydrogen-bond acceptors (Lipinski definition) is 4. The zero-order valence-electron chi connectivity index (χ0n) is 15.6. The molecule has 0 saturated carbocycles. The van der Waals surface area contributed by atoms with Crippen molar-refractivity contribution in [3.8, 4) is 11.8 Å². The summed E-state index contributed by atoms with van der Waals surface area (Å²) in [5.41, 5.74) is 8.67. The normalized spacial score (nSPS) is 10.5. The van der Waals surface area contributed by atoms with E-state index in [0.717, 1.165) is 5.56 Å². The fourth-order valence-corrected chi connectivity index (χ4v) is 3.51. The summed E-state index contributed by atoms with van der Waals surface area (Å²) in [7, 11) is -3.67. The lowest BCUT2D eigenvalue weighted by Gasteiger charge is -2.08. The predicted octanol–water partition coefficient (Wildman–Crippen LogP) is 3.37. The quantitative estimate of drug-likeness (QED) is 0.457. The molecular formula is C22H19N3O3S. The minimum absolute atomic E-state index is 0.184. The number of anilines is 3. The molecule has 0 spiro atoms. The number of para-hydroxylation sites is 2. The lowest BCUT2D eigenvalue weighted by atomic mass is 10.2. The standard InChI is InChI=1S/C22H19N3O3S/c1-16-6-13-19(14-7-16)29(27,28)25-18-11-8-17(9-12-18)10-15-22(26)24-21-5-3-2-4-20(21)23/h2-9,11-14,25H,23H2,1H3,(H,24,26). The second-order valence-corrected chi connectivity index (χ2v) is 7.97. The summed E-state index contributed by atoms with van der Waals surface area (Å²) in [6.07, 6.45) is 0. The maximum Gasteiger partial charge on any atom is 0.300 e. The average molecular weight is 405 g/mol. The molecule has 29 heavy (non-hydrogen) atoms. The van der Waals surface area contributed by atoms with Gasteiger partial charge in [-0.3, -0.25) is 9.52 Å². The van der Waals surface area contributed by atoms with Gasteiger partial charge in [-0.2, -0.15) is 0 Å². The Kier molecular flexibility index (Phi) is 5.86. The lowest BCUT2D eigenvalue weighted by molar-refractivity contribution is -0.111. The molecule has 0 aromatic heterocycles. The highest BCUT2D eigenvalue weighted by molar-refractivity contribution is 7.92. The van der Waals surface area contributed by atoms with Gasteiger partial charge >= 0.3 is 5.91 Å². The number of sulfonamides is 1. The van der Waals surface area contributed by atoms with E-state index in [1.807, 2.05) is 6.92 Å². The van der Waals surface area contributed by atoms with E-state index in [-0.39, 0.29) is 4.90 Å². The van der Waals surface area contributed by atoms with Gasteiger partial charge in [0, 0.05) is 17.2 Å². The highest BCUT2D eigenvalue weighted by Gasteiger charge is 2.13. The number of rotatable bonds is 4. The van der Waals surface area contributed by atoms with Crippen molar-refractivity contribution >= 4 is 33.0 Å². The Hall–Kier alpha value is -3.76. The zero-order chi connectivity index (χ0) is 20.9. The molecule has 4 N–H and O–H groups in total. The molecule has 0 aliphatic rings. The second kappa shape index (κ2) is 8.50. The van der Waals surface area contributed by atoms with Crippen molar-refractivity contribution in [2.24, 2.45) is 0 Å². The van der Waals surface area contributed by atoms with E-state index in [1.165, 1.54) is 0 Å². The van der Waals surface area contributed by atoms with Crippen molar-refractivity contribution in [2.75, 3.05) is 15.8 Å². The molecule has 1 amide bonds. The van der Waals surface area contributed by atoms with Crippen LogP contribution in [0.2, 0.25) is 0 Å². The number of carbonyl (C=O) groups excluding carboxylic acids is 1. The second-order valence-electron chi connectivity index (χ2n) is 6.29. The smallest absolute Gasteiger partial charge is 0.300 e. The summed E-state index contributed by atoms with van der Waals surface area (Å²) >= 11 is 0. The summed E-state index contributed by atoms with van der Waals surface area (Å²) in [5.74, 6) is 4.72. The van der Waals surface area contributed by atoms with E-state index in [2.05, 4.69) is 21.9 Å². The van der Waals surface area contributed by atoms with E-state index in [4.69, 9.17) is 5.73 Å². The van der Waals surface area contributed by atoms with Crippen molar-refractivity contribution in [3.05, 3.63) is 83.9 Å². The van der Waals surface area contributed by atoms with Gasteiger partial charge in [0.25, 0.3) is 10.0 Å². The number of amides is 1. The van der Waals surface area contributed by atoms with Crippen LogP contribution in [0.15, 0.2) is 77.7 Å².